The number of esters is 1. The summed E-state index contributed by atoms with van der Waals surface area (Å²) in [6.07, 6.45) is 3.59. The molecule has 2 aromatic carbocycles. The zero-order valence-corrected chi connectivity index (χ0v) is 19.5. The molecule has 3 amide bonds. The van der Waals surface area contributed by atoms with Crippen molar-refractivity contribution in [3.8, 4) is 5.75 Å². The lowest BCUT2D eigenvalue weighted by Gasteiger charge is -2.19. The van der Waals surface area contributed by atoms with E-state index in [9.17, 15) is 19.2 Å². The van der Waals surface area contributed by atoms with Gasteiger partial charge in [0, 0.05) is 18.7 Å². The van der Waals surface area contributed by atoms with Gasteiger partial charge in [-0.05, 0) is 68.1 Å². The standard InChI is InChI=1S/C27H28N2O5/c1-16-7-8-17(2)23(13-16)28-15-18(14-24(28)30)27(33)34-20-11-9-19(10-12-20)29-25(31)21-5-3-4-6-22(21)26(29)32/h7-13,18,21-22H,3-6,14-15H2,1-2H3/t18-,21-,22-/m1/s1. The van der Waals surface area contributed by atoms with Gasteiger partial charge in [0.2, 0.25) is 17.7 Å². The topological polar surface area (TPSA) is 84.0 Å². The smallest absolute Gasteiger partial charge is 0.316 e. The summed E-state index contributed by atoms with van der Waals surface area (Å²) < 4.78 is 5.54. The van der Waals surface area contributed by atoms with Gasteiger partial charge in [-0.15, -0.1) is 0 Å². The van der Waals surface area contributed by atoms with E-state index in [0.717, 1.165) is 42.5 Å². The lowest BCUT2D eigenvalue weighted by molar-refractivity contribution is -0.139. The van der Waals surface area contributed by atoms with Crippen LogP contribution in [0.15, 0.2) is 42.5 Å². The average Bonchev–Trinajstić information content (AvgIpc) is 3.34. The van der Waals surface area contributed by atoms with Crippen LogP contribution in [-0.2, 0) is 19.2 Å². The summed E-state index contributed by atoms with van der Waals surface area (Å²) in [4.78, 5) is 53.9. The van der Waals surface area contributed by atoms with Crippen molar-refractivity contribution in [2.75, 3.05) is 16.3 Å². The van der Waals surface area contributed by atoms with Gasteiger partial charge in [0.15, 0.2) is 0 Å². The lowest BCUT2D eigenvalue weighted by atomic mass is 9.81. The van der Waals surface area contributed by atoms with E-state index >= 15 is 0 Å². The number of hydrogen-bond acceptors (Lipinski definition) is 5. The van der Waals surface area contributed by atoms with Crippen LogP contribution in [0.3, 0.4) is 0 Å². The summed E-state index contributed by atoms with van der Waals surface area (Å²) >= 11 is 0. The maximum atomic E-state index is 12.8. The fourth-order valence-electron chi connectivity index (χ4n) is 5.39. The molecule has 2 aromatic rings. The van der Waals surface area contributed by atoms with Crippen molar-refractivity contribution in [3.05, 3.63) is 53.6 Å². The molecule has 0 aromatic heterocycles. The molecule has 2 saturated heterocycles. The van der Waals surface area contributed by atoms with Gasteiger partial charge in [0.1, 0.15) is 5.75 Å². The van der Waals surface area contributed by atoms with Crippen LogP contribution in [0.2, 0.25) is 0 Å². The predicted octanol–water partition coefficient (Wildman–Crippen LogP) is 3.94. The van der Waals surface area contributed by atoms with E-state index in [-0.39, 0.29) is 42.5 Å². The van der Waals surface area contributed by atoms with Crippen molar-refractivity contribution in [2.24, 2.45) is 17.8 Å². The molecule has 2 heterocycles. The van der Waals surface area contributed by atoms with Crippen molar-refractivity contribution in [3.63, 3.8) is 0 Å². The number of rotatable bonds is 4. The Morgan fingerprint density at radius 3 is 2.21 bits per heavy atom. The van der Waals surface area contributed by atoms with Gasteiger partial charge in [-0.2, -0.15) is 0 Å². The van der Waals surface area contributed by atoms with Gasteiger partial charge in [0.25, 0.3) is 0 Å². The van der Waals surface area contributed by atoms with E-state index < -0.39 is 11.9 Å². The van der Waals surface area contributed by atoms with Gasteiger partial charge in [-0.1, -0.05) is 25.0 Å². The second-order valence-corrected chi connectivity index (χ2v) is 9.62. The molecule has 1 saturated carbocycles. The average molecular weight is 461 g/mol. The molecule has 3 aliphatic rings. The quantitative estimate of drug-likeness (QED) is 0.392. The van der Waals surface area contributed by atoms with Gasteiger partial charge < -0.3 is 9.64 Å². The minimum Gasteiger partial charge on any atom is -0.426 e. The van der Waals surface area contributed by atoms with Crippen LogP contribution < -0.4 is 14.5 Å². The minimum atomic E-state index is -0.558. The molecule has 0 bridgehead atoms. The van der Waals surface area contributed by atoms with Crippen LogP contribution >= 0.6 is 0 Å². The largest absolute Gasteiger partial charge is 0.426 e. The number of carbonyl (C=O) groups is 4. The first-order valence-electron chi connectivity index (χ1n) is 11.9. The van der Waals surface area contributed by atoms with Crippen LogP contribution in [0.1, 0.15) is 43.2 Å². The summed E-state index contributed by atoms with van der Waals surface area (Å²) in [6.45, 7) is 4.19. The summed E-state index contributed by atoms with van der Waals surface area (Å²) in [6, 6.07) is 12.4. The molecule has 3 fully saturated rings. The van der Waals surface area contributed by atoms with Crippen molar-refractivity contribution in [1.82, 2.24) is 0 Å². The summed E-state index contributed by atoms with van der Waals surface area (Å²) in [5.41, 5.74) is 3.36. The monoisotopic (exact) mass is 460 g/mol. The number of amides is 3. The zero-order valence-electron chi connectivity index (χ0n) is 19.5. The third-order valence-electron chi connectivity index (χ3n) is 7.27. The maximum Gasteiger partial charge on any atom is 0.316 e. The van der Waals surface area contributed by atoms with E-state index in [2.05, 4.69) is 0 Å². The fourth-order valence-corrected chi connectivity index (χ4v) is 5.39. The highest BCUT2D eigenvalue weighted by molar-refractivity contribution is 6.22. The number of aryl methyl sites for hydroxylation is 2. The Balaban J connectivity index is 1.25. The number of fused-ring (bicyclic) bond motifs is 1. The molecule has 0 unspecified atom stereocenters. The molecule has 3 atom stereocenters. The molecule has 176 valence electrons. The van der Waals surface area contributed by atoms with Crippen molar-refractivity contribution >= 4 is 35.1 Å². The first-order valence-corrected chi connectivity index (χ1v) is 11.9. The minimum absolute atomic E-state index is 0.0986. The Labute approximate surface area is 198 Å². The number of imide groups is 1. The van der Waals surface area contributed by atoms with E-state index in [4.69, 9.17) is 4.74 Å². The Morgan fingerprint density at radius 2 is 1.56 bits per heavy atom. The van der Waals surface area contributed by atoms with E-state index in [1.54, 1.807) is 29.2 Å². The highest BCUT2D eigenvalue weighted by Crippen LogP contribution is 2.40. The van der Waals surface area contributed by atoms with Crippen LogP contribution in [-0.4, -0.2) is 30.2 Å². The molecule has 1 aliphatic carbocycles. The van der Waals surface area contributed by atoms with E-state index in [0.29, 0.717) is 11.4 Å². The zero-order chi connectivity index (χ0) is 24.0. The third-order valence-corrected chi connectivity index (χ3v) is 7.27. The second-order valence-electron chi connectivity index (χ2n) is 9.62. The molecular formula is C27H28N2O5. The number of anilines is 2. The number of hydrogen-bond donors (Lipinski definition) is 0. The Morgan fingerprint density at radius 1 is 0.912 bits per heavy atom. The molecule has 0 N–H and O–H groups in total. The molecule has 0 spiro atoms. The Bertz CT molecular complexity index is 1150. The Hall–Kier alpha value is -3.48. The highest BCUT2D eigenvalue weighted by Gasteiger charge is 2.48. The third kappa shape index (κ3) is 3.89. The van der Waals surface area contributed by atoms with Crippen LogP contribution in [0.4, 0.5) is 11.4 Å². The molecule has 5 rings (SSSR count). The van der Waals surface area contributed by atoms with Crippen LogP contribution in [0.25, 0.3) is 0 Å². The van der Waals surface area contributed by atoms with E-state index in [1.807, 2.05) is 32.0 Å². The molecule has 2 aliphatic heterocycles. The molecule has 7 heteroatoms. The summed E-state index contributed by atoms with van der Waals surface area (Å²) in [5, 5.41) is 0. The molecular weight excluding hydrogens is 432 g/mol. The predicted molar refractivity (Wildman–Crippen MR) is 126 cm³/mol. The molecule has 7 nitrogen and oxygen atoms in total. The summed E-state index contributed by atoms with van der Waals surface area (Å²) in [7, 11) is 0. The normalized spacial score (nSPS) is 24.5. The lowest BCUT2D eigenvalue weighted by Crippen LogP contribution is -2.30. The first kappa shape index (κ1) is 22.3. The van der Waals surface area contributed by atoms with Gasteiger partial charge in [0.05, 0.1) is 23.4 Å². The van der Waals surface area contributed by atoms with Crippen molar-refractivity contribution < 1.29 is 23.9 Å². The number of nitrogens with zero attached hydrogens (tertiary/aromatic N) is 2. The van der Waals surface area contributed by atoms with Crippen LogP contribution in [0, 0.1) is 31.6 Å². The molecule has 34 heavy (non-hydrogen) atoms. The maximum absolute atomic E-state index is 12.8. The number of benzene rings is 2. The Kier molecular flexibility index (Phi) is 5.71. The molecule has 0 radical (unpaired) electrons. The summed E-state index contributed by atoms with van der Waals surface area (Å²) in [5.74, 6) is -1.48. The SMILES string of the molecule is Cc1ccc(C)c(N2C[C@H](C(=O)Oc3ccc(N4C(=O)[C@@H]5CCCC[C@H]5C4=O)cc3)CC2=O)c1. The van der Waals surface area contributed by atoms with Gasteiger partial charge >= 0.3 is 5.97 Å². The van der Waals surface area contributed by atoms with E-state index in [1.165, 1.54) is 4.90 Å². The highest BCUT2D eigenvalue weighted by atomic mass is 16.5. The van der Waals surface area contributed by atoms with Crippen molar-refractivity contribution in [2.45, 2.75) is 46.0 Å². The second kappa shape index (κ2) is 8.70. The number of carbonyl (C=O) groups excluding carboxylic acids is 4. The van der Waals surface area contributed by atoms with Crippen LogP contribution in [0.5, 0.6) is 5.75 Å². The van der Waals surface area contributed by atoms with Crippen molar-refractivity contribution in [1.29, 1.82) is 0 Å². The number of ether oxygens (including phenoxy) is 1. The van der Waals surface area contributed by atoms with Gasteiger partial charge in [-0.3, -0.25) is 24.1 Å². The van der Waals surface area contributed by atoms with Gasteiger partial charge in [-0.25, -0.2) is 0 Å². The first-order chi connectivity index (χ1) is 16.3. The fraction of sp³-hybridized carbons (Fsp3) is 0.407.